The number of benzene rings is 1. The molecule has 2 nitrogen and oxygen atoms in total. The Labute approximate surface area is 126 Å². The van der Waals surface area contributed by atoms with Crippen LogP contribution in [0.3, 0.4) is 0 Å². The van der Waals surface area contributed by atoms with Gasteiger partial charge < -0.3 is 4.90 Å². The van der Waals surface area contributed by atoms with Crippen molar-refractivity contribution in [1.82, 2.24) is 4.90 Å². The zero-order chi connectivity index (χ0) is 14.2. The maximum Gasteiger partial charge on any atom is 0.233 e. The Hall–Kier alpha value is -1.02. The average Bonchev–Trinajstić information content (AvgIpc) is 3.29. The van der Waals surface area contributed by atoms with Crippen LogP contribution < -0.4 is 0 Å². The van der Waals surface area contributed by atoms with Crippen molar-refractivity contribution in [3.05, 3.63) is 35.9 Å². The summed E-state index contributed by atoms with van der Waals surface area (Å²) in [6.45, 7) is 0. The van der Waals surface area contributed by atoms with E-state index in [4.69, 9.17) is 11.6 Å². The summed E-state index contributed by atoms with van der Waals surface area (Å²) in [6.07, 6.45) is 6.39. The molecule has 2 saturated carbocycles. The van der Waals surface area contributed by atoms with Gasteiger partial charge in [-0.3, -0.25) is 4.79 Å². The summed E-state index contributed by atoms with van der Waals surface area (Å²) in [5.41, 5.74) is 0.906. The van der Waals surface area contributed by atoms with Gasteiger partial charge in [-0.15, -0.1) is 11.6 Å². The molecular weight excluding hydrogens is 270 g/mol. The van der Waals surface area contributed by atoms with E-state index in [1.165, 1.54) is 18.4 Å². The molecule has 0 aromatic heterocycles. The molecule has 2 unspecified atom stereocenters. The van der Waals surface area contributed by atoms with Crippen LogP contribution in [0.5, 0.6) is 0 Å². The average molecular weight is 292 g/mol. The lowest BCUT2D eigenvalue weighted by molar-refractivity contribution is -0.135. The van der Waals surface area contributed by atoms with Crippen molar-refractivity contribution < 1.29 is 4.79 Å². The third-order valence-electron chi connectivity index (χ3n) is 4.95. The first-order valence-electron chi connectivity index (χ1n) is 7.62. The fourth-order valence-corrected chi connectivity index (χ4v) is 3.95. The monoisotopic (exact) mass is 291 g/mol. The van der Waals surface area contributed by atoms with Crippen LogP contribution in [0.1, 0.15) is 44.1 Å². The van der Waals surface area contributed by atoms with Crippen molar-refractivity contribution in [2.24, 2.45) is 0 Å². The second-order valence-corrected chi connectivity index (χ2v) is 6.79. The molecule has 0 radical (unpaired) electrons. The number of alkyl halides is 1. The van der Waals surface area contributed by atoms with Gasteiger partial charge in [0.25, 0.3) is 0 Å². The van der Waals surface area contributed by atoms with E-state index in [0.29, 0.717) is 0 Å². The molecule has 3 rings (SSSR count). The van der Waals surface area contributed by atoms with Crippen molar-refractivity contribution in [2.45, 2.75) is 55.4 Å². The molecular formula is C17H22ClNO. The summed E-state index contributed by atoms with van der Waals surface area (Å²) in [5, 5.41) is 0.115. The van der Waals surface area contributed by atoms with Gasteiger partial charge in [-0.25, -0.2) is 0 Å². The van der Waals surface area contributed by atoms with Crippen LogP contribution >= 0.6 is 11.6 Å². The first-order chi connectivity index (χ1) is 9.65. The Kier molecular flexibility index (Phi) is 3.76. The normalized spacial score (nSPS) is 27.9. The van der Waals surface area contributed by atoms with Gasteiger partial charge in [0.05, 0.1) is 10.8 Å². The Morgan fingerprint density at radius 2 is 1.85 bits per heavy atom. The number of carbonyl (C=O) groups excluding carboxylic acids is 1. The largest absolute Gasteiger partial charge is 0.341 e. The Bertz CT molecular complexity index is 483. The van der Waals surface area contributed by atoms with E-state index in [2.05, 4.69) is 12.1 Å². The predicted molar refractivity (Wildman–Crippen MR) is 82.0 cm³/mol. The molecule has 2 atom stereocenters. The first kappa shape index (κ1) is 13.9. The van der Waals surface area contributed by atoms with E-state index in [1.54, 1.807) is 0 Å². The van der Waals surface area contributed by atoms with Crippen LogP contribution in [0.2, 0.25) is 0 Å². The summed E-state index contributed by atoms with van der Waals surface area (Å²) in [4.78, 5) is 14.9. The molecule has 2 aliphatic carbocycles. The van der Waals surface area contributed by atoms with E-state index in [-0.39, 0.29) is 22.7 Å². The maximum atomic E-state index is 12.9. The Morgan fingerprint density at radius 1 is 1.20 bits per heavy atom. The number of rotatable bonds is 3. The van der Waals surface area contributed by atoms with Crippen molar-refractivity contribution in [3.8, 4) is 0 Å². The molecule has 0 saturated heterocycles. The van der Waals surface area contributed by atoms with Crippen LogP contribution in [0.25, 0.3) is 0 Å². The van der Waals surface area contributed by atoms with Gasteiger partial charge in [-0.05, 0) is 31.2 Å². The minimum atomic E-state index is -0.260. The molecule has 0 aliphatic heterocycles. The zero-order valence-electron chi connectivity index (χ0n) is 12.0. The molecule has 0 bridgehead atoms. The molecule has 0 N–H and O–H groups in total. The topological polar surface area (TPSA) is 20.3 Å². The Morgan fingerprint density at radius 3 is 2.45 bits per heavy atom. The second-order valence-electron chi connectivity index (χ2n) is 6.23. The molecule has 20 heavy (non-hydrogen) atoms. The zero-order valence-corrected chi connectivity index (χ0v) is 12.8. The smallest absolute Gasteiger partial charge is 0.233 e. The molecule has 1 aromatic rings. The number of likely N-dealkylation sites (N-methyl/N-ethyl adjacent to an activating group) is 1. The number of halogens is 1. The summed E-state index contributed by atoms with van der Waals surface area (Å²) in [7, 11) is 1.94. The van der Waals surface area contributed by atoms with E-state index >= 15 is 0 Å². The van der Waals surface area contributed by atoms with Crippen molar-refractivity contribution in [3.63, 3.8) is 0 Å². The van der Waals surface area contributed by atoms with Crippen LogP contribution in [0.15, 0.2) is 30.3 Å². The van der Waals surface area contributed by atoms with Crippen molar-refractivity contribution in [2.75, 3.05) is 7.05 Å². The van der Waals surface area contributed by atoms with Crippen molar-refractivity contribution in [1.29, 1.82) is 0 Å². The van der Waals surface area contributed by atoms with E-state index in [9.17, 15) is 4.79 Å². The standard InChI is InChI=1S/C17H22ClNO/c1-19(15-10-6-5-9-14(15)18)16(20)17(11-12-17)13-7-3-2-4-8-13/h2-4,7-8,14-15H,5-6,9-12H2,1H3. The van der Waals surface area contributed by atoms with Gasteiger partial charge in [0.1, 0.15) is 0 Å². The summed E-state index contributed by atoms with van der Waals surface area (Å²) >= 11 is 6.44. The van der Waals surface area contributed by atoms with Gasteiger partial charge in [-0.2, -0.15) is 0 Å². The van der Waals surface area contributed by atoms with E-state index in [0.717, 1.165) is 25.7 Å². The van der Waals surface area contributed by atoms with Gasteiger partial charge >= 0.3 is 0 Å². The highest BCUT2D eigenvalue weighted by Gasteiger charge is 2.53. The van der Waals surface area contributed by atoms with E-state index < -0.39 is 0 Å². The molecule has 3 heteroatoms. The highest BCUT2D eigenvalue weighted by atomic mass is 35.5. The summed E-state index contributed by atoms with van der Waals surface area (Å²) in [5.74, 6) is 0.265. The number of hydrogen-bond acceptors (Lipinski definition) is 1. The highest BCUT2D eigenvalue weighted by molar-refractivity contribution is 6.21. The number of carbonyl (C=O) groups is 1. The lowest BCUT2D eigenvalue weighted by Crippen LogP contribution is -2.48. The molecule has 0 heterocycles. The molecule has 0 spiro atoms. The van der Waals surface area contributed by atoms with Gasteiger partial charge in [0.2, 0.25) is 5.91 Å². The van der Waals surface area contributed by atoms with Crippen LogP contribution in [0, 0.1) is 0 Å². The lowest BCUT2D eigenvalue weighted by Gasteiger charge is -2.37. The maximum absolute atomic E-state index is 12.9. The number of amides is 1. The number of hydrogen-bond donors (Lipinski definition) is 0. The molecule has 2 fully saturated rings. The van der Waals surface area contributed by atoms with Crippen LogP contribution in [-0.4, -0.2) is 29.3 Å². The quantitative estimate of drug-likeness (QED) is 0.777. The third kappa shape index (κ3) is 2.35. The summed E-state index contributed by atoms with van der Waals surface area (Å²) in [6, 6.07) is 10.4. The molecule has 108 valence electrons. The fraction of sp³-hybridized carbons (Fsp3) is 0.588. The number of nitrogens with zero attached hydrogens (tertiary/aromatic N) is 1. The summed E-state index contributed by atoms with van der Waals surface area (Å²) < 4.78 is 0. The fourth-order valence-electron chi connectivity index (χ4n) is 3.50. The Balaban J connectivity index is 1.78. The van der Waals surface area contributed by atoms with Gasteiger partial charge in [0, 0.05) is 13.1 Å². The molecule has 1 amide bonds. The van der Waals surface area contributed by atoms with Gasteiger partial charge in [-0.1, -0.05) is 43.2 Å². The van der Waals surface area contributed by atoms with Crippen LogP contribution in [0.4, 0.5) is 0 Å². The third-order valence-corrected chi connectivity index (χ3v) is 5.46. The minimum absolute atomic E-state index is 0.115. The molecule has 1 aromatic carbocycles. The second kappa shape index (κ2) is 5.40. The SMILES string of the molecule is CN(C(=O)C1(c2ccccc2)CC1)C1CCCCC1Cl. The van der Waals surface area contributed by atoms with Crippen LogP contribution in [-0.2, 0) is 10.2 Å². The van der Waals surface area contributed by atoms with Gasteiger partial charge in [0.15, 0.2) is 0 Å². The van der Waals surface area contributed by atoms with E-state index in [1.807, 2.05) is 30.1 Å². The first-order valence-corrected chi connectivity index (χ1v) is 8.06. The highest BCUT2D eigenvalue weighted by Crippen LogP contribution is 2.50. The van der Waals surface area contributed by atoms with Crippen molar-refractivity contribution >= 4 is 17.5 Å². The molecule has 2 aliphatic rings. The minimum Gasteiger partial charge on any atom is -0.341 e. The lowest BCUT2D eigenvalue weighted by atomic mass is 9.90. The predicted octanol–water partition coefficient (Wildman–Crippen LogP) is 3.73.